The smallest absolute Gasteiger partial charge is 0.335 e. The van der Waals surface area contributed by atoms with Gasteiger partial charge in [0.2, 0.25) is 0 Å². The molecule has 1 fully saturated rings. The topological polar surface area (TPSA) is 54.4 Å². The molecule has 1 aliphatic rings. The number of aryl methyl sites for hydroxylation is 2. The van der Waals surface area contributed by atoms with E-state index < -0.39 is 5.97 Å². The minimum atomic E-state index is -0.870. The van der Waals surface area contributed by atoms with E-state index >= 15 is 0 Å². The van der Waals surface area contributed by atoms with Crippen molar-refractivity contribution in [3.8, 4) is 0 Å². The Hall–Kier alpha value is -2.94. The van der Waals surface area contributed by atoms with Gasteiger partial charge in [0.25, 0.3) is 0 Å². The molecule has 154 valence electrons. The fraction of sp³-hybridized carbons (Fsp3) is 0.333. The standard InChI is InChI=1S/C27H28O3/c1-18-12-13-19(16-24(18)27(29)30)6-4-8-21-14-15-26(28)25(21)17-22-10-5-9-20-7-2-3-11-23(20)22/h2-3,5,7,9-13,16,21,25H,4,6,8,14-15,17H2,1H3,(H,29,30)/t21-,25?/m0/s1. The maximum absolute atomic E-state index is 12.7. The molecule has 0 aromatic heterocycles. The summed E-state index contributed by atoms with van der Waals surface area (Å²) >= 11 is 0. The van der Waals surface area contributed by atoms with E-state index in [2.05, 4.69) is 42.5 Å². The Morgan fingerprint density at radius 2 is 1.87 bits per heavy atom. The van der Waals surface area contributed by atoms with Crippen molar-refractivity contribution in [2.24, 2.45) is 11.8 Å². The quantitative estimate of drug-likeness (QED) is 0.529. The number of carboxylic acid groups (broad SMARTS) is 1. The molecule has 3 nitrogen and oxygen atoms in total. The second-order valence-electron chi connectivity index (χ2n) is 8.56. The van der Waals surface area contributed by atoms with Crippen molar-refractivity contribution in [2.75, 3.05) is 0 Å². The minimum absolute atomic E-state index is 0.100. The predicted molar refractivity (Wildman–Crippen MR) is 120 cm³/mol. The van der Waals surface area contributed by atoms with E-state index in [1.165, 1.54) is 16.3 Å². The van der Waals surface area contributed by atoms with Crippen molar-refractivity contribution in [3.63, 3.8) is 0 Å². The van der Waals surface area contributed by atoms with Gasteiger partial charge in [-0.2, -0.15) is 0 Å². The van der Waals surface area contributed by atoms with Gasteiger partial charge in [-0.25, -0.2) is 4.79 Å². The molecule has 1 N–H and O–H groups in total. The Bertz CT molecular complexity index is 1080. The van der Waals surface area contributed by atoms with Gasteiger partial charge in [0.15, 0.2) is 0 Å². The van der Waals surface area contributed by atoms with Crippen LogP contribution in [0.5, 0.6) is 0 Å². The van der Waals surface area contributed by atoms with Gasteiger partial charge >= 0.3 is 5.97 Å². The van der Waals surface area contributed by atoms with E-state index in [1.54, 1.807) is 6.07 Å². The third-order valence-electron chi connectivity index (χ3n) is 6.64. The van der Waals surface area contributed by atoms with Crippen LogP contribution in [0.4, 0.5) is 0 Å². The van der Waals surface area contributed by atoms with Crippen molar-refractivity contribution in [1.82, 2.24) is 0 Å². The van der Waals surface area contributed by atoms with Gasteiger partial charge in [0, 0.05) is 12.3 Å². The summed E-state index contributed by atoms with van der Waals surface area (Å²) in [5.41, 5.74) is 3.51. The first kappa shape index (κ1) is 20.3. The number of Topliss-reactive ketones (excluding diaryl/α,β-unsaturated/α-hetero) is 1. The van der Waals surface area contributed by atoms with Crippen LogP contribution in [-0.2, 0) is 17.6 Å². The minimum Gasteiger partial charge on any atom is -0.478 e. The first-order valence-electron chi connectivity index (χ1n) is 10.8. The van der Waals surface area contributed by atoms with Crippen molar-refractivity contribution in [2.45, 2.75) is 45.4 Å². The molecule has 2 atom stereocenters. The van der Waals surface area contributed by atoms with E-state index in [-0.39, 0.29) is 5.92 Å². The molecule has 0 heterocycles. The Labute approximate surface area is 177 Å². The number of carboxylic acids is 1. The molecule has 4 rings (SSSR count). The molecular formula is C27H28O3. The summed E-state index contributed by atoms with van der Waals surface area (Å²) in [6.45, 7) is 1.83. The van der Waals surface area contributed by atoms with Crippen molar-refractivity contribution in [1.29, 1.82) is 0 Å². The molecule has 0 radical (unpaired) electrons. The van der Waals surface area contributed by atoms with E-state index in [0.717, 1.165) is 43.2 Å². The number of carbonyl (C=O) groups excluding carboxylic acids is 1. The largest absolute Gasteiger partial charge is 0.478 e. The Morgan fingerprint density at radius 3 is 2.70 bits per heavy atom. The lowest BCUT2D eigenvalue weighted by molar-refractivity contribution is -0.121. The molecule has 1 unspecified atom stereocenters. The maximum Gasteiger partial charge on any atom is 0.335 e. The second kappa shape index (κ2) is 8.83. The van der Waals surface area contributed by atoms with E-state index in [9.17, 15) is 14.7 Å². The molecular weight excluding hydrogens is 372 g/mol. The number of hydrogen-bond donors (Lipinski definition) is 1. The lowest BCUT2D eigenvalue weighted by Gasteiger charge is -2.19. The van der Waals surface area contributed by atoms with Gasteiger partial charge in [-0.3, -0.25) is 4.79 Å². The van der Waals surface area contributed by atoms with Gasteiger partial charge in [-0.1, -0.05) is 54.6 Å². The molecule has 3 aromatic carbocycles. The SMILES string of the molecule is Cc1ccc(CCC[C@H]2CCC(=O)C2Cc2cccc3ccccc23)cc1C(=O)O. The number of benzene rings is 3. The highest BCUT2D eigenvalue weighted by Crippen LogP contribution is 2.36. The Kier molecular flexibility index (Phi) is 5.98. The molecule has 1 aliphatic carbocycles. The highest BCUT2D eigenvalue weighted by atomic mass is 16.4. The molecule has 30 heavy (non-hydrogen) atoms. The summed E-state index contributed by atoms with van der Waals surface area (Å²) < 4.78 is 0. The highest BCUT2D eigenvalue weighted by molar-refractivity contribution is 5.89. The van der Waals surface area contributed by atoms with Crippen LogP contribution in [0.2, 0.25) is 0 Å². The molecule has 3 aromatic rings. The highest BCUT2D eigenvalue weighted by Gasteiger charge is 2.34. The number of carbonyl (C=O) groups is 2. The zero-order chi connectivity index (χ0) is 21.1. The number of fused-ring (bicyclic) bond motifs is 1. The van der Waals surface area contributed by atoms with Crippen molar-refractivity contribution >= 4 is 22.5 Å². The zero-order valence-corrected chi connectivity index (χ0v) is 17.4. The average molecular weight is 401 g/mol. The normalized spacial score (nSPS) is 18.8. The molecule has 0 amide bonds. The van der Waals surface area contributed by atoms with Crippen LogP contribution in [0.25, 0.3) is 10.8 Å². The number of rotatable bonds is 7. The third kappa shape index (κ3) is 4.30. The second-order valence-corrected chi connectivity index (χ2v) is 8.56. The predicted octanol–water partition coefficient (Wildman–Crippen LogP) is 6.01. The Morgan fingerprint density at radius 1 is 1.07 bits per heavy atom. The molecule has 1 saturated carbocycles. The number of aromatic carboxylic acids is 1. The molecule has 0 spiro atoms. The van der Waals surface area contributed by atoms with Crippen LogP contribution in [-0.4, -0.2) is 16.9 Å². The molecule has 0 bridgehead atoms. The van der Waals surface area contributed by atoms with Gasteiger partial charge in [-0.05, 0) is 78.5 Å². The van der Waals surface area contributed by atoms with E-state index in [4.69, 9.17) is 0 Å². The van der Waals surface area contributed by atoms with Crippen LogP contribution in [0.1, 0.15) is 52.7 Å². The van der Waals surface area contributed by atoms with Crippen LogP contribution in [0, 0.1) is 18.8 Å². The summed E-state index contributed by atoms with van der Waals surface area (Å²) in [6, 6.07) is 20.5. The summed E-state index contributed by atoms with van der Waals surface area (Å²) in [5, 5.41) is 11.8. The fourth-order valence-corrected chi connectivity index (χ4v) is 4.93. The lowest BCUT2D eigenvalue weighted by atomic mass is 9.84. The first-order chi connectivity index (χ1) is 14.5. The molecule has 0 saturated heterocycles. The average Bonchev–Trinajstić information content (AvgIpc) is 3.09. The van der Waals surface area contributed by atoms with E-state index in [1.807, 2.05) is 19.1 Å². The fourth-order valence-electron chi connectivity index (χ4n) is 4.93. The van der Waals surface area contributed by atoms with Crippen LogP contribution >= 0.6 is 0 Å². The molecule has 3 heteroatoms. The van der Waals surface area contributed by atoms with Gasteiger partial charge in [0.05, 0.1) is 5.56 Å². The first-order valence-corrected chi connectivity index (χ1v) is 10.8. The maximum atomic E-state index is 12.7. The summed E-state index contributed by atoms with van der Waals surface area (Å²) in [7, 11) is 0. The summed E-state index contributed by atoms with van der Waals surface area (Å²) in [6.07, 6.45) is 5.32. The summed E-state index contributed by atoms with van der Waals surface area (Å²) in [5.74, 6) is 0.0478. The lowest BCUT2D eigenvalue weighted by Crippen LogP contribution is -2.18. The van der Waals surface area contributed by atoms with Crippen molar-refractivity contribution in [3.05, 3.63) is 82.9 Å². The van der Waals surface area contributed by atoms with Gasteiger partial charge < -0.3 is 5.11 Å². The Balaban J connectivity index is 1.42. The van der Waals surface area contributed by atoms with Crippen LogP contribution in [0.15, 0.2) is 60.7 Å². The third-order valence-corrected chi connectivity index (χ3v) is 6.64. The molecule has 0 aliphatic heterocycles. The van der Waals surface area contributed by atoms with Crippen LogP contribution in [0.3, 0.4) is 0 Å². The summed E-state index contributed by atoms with van der Waals surface area (Å²) in [4.78, 5) is 24.0. The number of ketones is 1. The van der Waals surface area contributed by atoms with E-state index in [0.29, 0.717) is 23.7 Å². The van der Waals surface area contributed by atoms with Crippen molar-refractivity contribution < 1.29 is 14.7 Å². The monoisotopic (exact) mass is 400 g/mol. The van der Waals surface area contributed by atoms with Crippen LogP contribution < -0.4 is 0 Å². The van der Waals surface area contributed by atoms with Gasteiger partial charge in [-0.15, -0.1) is 0 Å². The van der Waals surface area contributed by atoms with Gasteiger partial charge in [0.1, 0.15) is 5.78 Å². The number of hydrogen-bond acceptors (Lipinski definition) is 2. The zero-order valence-electron chi connectivity index (χ0n) is 17.4.